The van der Waals surface area contributed by atoms with Crippen LogP contribution in [0.4, 0.5) is 0 Å². The highest BCUT2D eigenvalue weighted by Crippen LogP contribution is 2.12. The van der Waals surface area contributed by atoms with Crippen molar-refractivity contribution in [2.24, 2.45) is 0 Å². The van der Waals surface area contributed by atoms with Crippen molar-refractivity contribution in [3.63, 3.8) is 0 Å². The molecule has 1 N–H and O–H groups in total. The van der Waals surface area contributed by atoms with Crippen LogP contribution in [0.5, 0.6) is 0 Å². The van der Waals surface area contributed by atoms with Gasteiger partial charge in [0, 0.05) is 24.3 Å². The molecule has 2 heterocycles. The third kappa shape index (κ3) is 2.69. The Bertz CT molecular complexity index is 716. The molecule has 0 saturated heterocycles. The molecule has 0 bridgehead atoms. The lowest BCUT2D eigenvalue weighted by molar-refractivity contribution is 0.672. The molecule has 102 valence electrons. The molecule has 0 radical (unpaired) electrons. The zero-order chi connectivity index (χ0) is 13.9. The highest BCUT2D eigenvalue weighted by atomic mass is 35.5. The van der Waals surface area contributed by atoms with E-state index >= 15 is 0 Å². The summed E-state index contributed by atoms with van der Waals surface area (Å²) in [7, 11) is 0. The number of rotatable bonds is 4. The van der Waals surface area contributed by atoms with Gasteiger partial charge in [0.05, 0.1) is 11.4 Å². The Morgan fingerprint density at radius 1 is 1.10 bits per heavy atom. The van der Waals surface area contributed by atoms with Crippen LogP contribution in [0.3, 0.4) is 0 Å². The second-order valence-electron chi connectivity index (χ2n) is 4.80. The van der Waals surface area contributed by atoms with Gasteiger partial charge in [-0.15, -0.1) is 0 Å². The molecule has 0 aliphatic carbocycles. The molecule has 2 aromatic heterocycles. The number of hydrogen-bond acceptors (Lipinski definition) is 2. The predicted molar refractivity (Wildman–Crippen MR) is 81.9 cm³/mol. The molecule has 0 amide bonds. The van der Waals surface area contributed by atoms with E-state index in [2.05, 4.69) is 20.9 Å². The molecule has 20 heavy (non-hydrogen) atoms. The van der Waals surface area contributed by atoms with Gasteiger partial charge < -0.3 is 9.72 Å². The van der Waals surface area contributed by atoms with Gasteiger partial charge >= 0.3 is 0 Å². The monoisotopic (exact) mass is 285 g/mol. The number of aromatic nitrogens is 2. The standard InChI is InChI=1S/C16H16ClN3/c1-12-15(20-9-3-2-4-16(20)19-12)11-18-10-13-5-7-14(17)8-6-13/h2-9,18H,10-11H2,1H3. The number of pyridine rings is 1. The minimum absolute atomic E-state index is 0.770. The van der Waals surface area contributed by atoms with Crippen LogP contribution in [-0.2, 0) is 13.1 Å². The number of aryl methyl sites for hydroxylation is 1. The number of benzene rings is 1. The van der Waals surface area contributed by atoms with Crippen LogP contribution in [0.2, 0.25) is 5.02 Å². The molecule has 0 aliphatic rings. The molecule has 0 aliphatic heterocycles. The van der Waals surface area contributed by atoms with Gasteiger partial charge in [-0.25, -0.2) is 4.98 Å². The summed E-state index contributed by atoms with van der Waals surface area (Å²) in [4.78, 5) is 4.56. The van der Waals surface area contributed by atoms with E-state index in [4.69, 9.17) is 11.6 Å². The van der Waals surface area contributed by atoms with Crippen molar-refractivity contribution >= 4 is 17.2 Å². The van der Waals surface area contributed by atoms with E-state index in [9.17, 15) is 0 Å². The summed E-state index contributed by atoms with van der Waals surface area (Å²) in [6, 6.07) is 14.0. The lowest BCUT2D eigenvalue weighted by Crippen LogP contribution is -2.14. The average molecular weight is 286 g/mol. The van der Waals surface area contributed by atoms with Crippen molar-refractivity contribution in [1.82, 2.24) is 14.7 Å². The molecule has 1 aromatic carbocycles. The number of fused-ring (bicyclic) bond motifs is 1. The van der Waals surface area contributed by atoms with Gasteiger partial charge in [-0.1, -0.05) is 29.8 Å². The van der Waals surface area contributed by atoms with E-state index in [1.54, 1.807) is 0 Å². The van der Waals surface area contributed by atoms with Crippen molar-refractivity contribution in [1.29, 1.82) is 0 Å². The molecule has 0 fully saturated rings. The summed E-state index contributed by atoms with van der Waals surface area (Å²) in [6.07, 6.45) is 2.05. The van der Waals surface area contributed by atoms with Crippen LogP contribution in [0, 0.1) is 6.92 Å². The third-order valence-electron chi connectivity index (χ3n) is 3.36. The van der Waals surface area contributed by atoms with E-state index < -0.39 is 0 Å². The van der Waals surface area contributed by atoms with E-state index in [1.165, 1.54) is 11.3 Å². The summed E-state index contributed by atoms with van der Waals surface area (Å²) in [5.74, 6) is 0. The largest absolute Gasteiger partial charge is 0.307 e. The zero-order valence-corrected chi connectivity index (χ0v) is 12.1. The van der Waals surface area contributed by atoms with Crippen LogP contribution in [0.15, 0.2) is 48.7 Å². The Labute approximate surface area is 123 Å². The van der Waals surface area contributed by atoms with Gasteiger partial charge in [0.1, 0.15) is 5.65 Å². The predicted octanol–water partition coefficient (Wildman–Crippen LogP) is 3.59. The van der Waals surface area contributed by atoms with Crippen molar-refractivity contribution in [2.75, 3.05) is 0 Å². The number of hydrogen-bond donors (Lipinski definition) is 1. The van der Waals surface area contributed by atoms with Gasteiger partial charge in [-0.3, -0.25) is 0 Å². The van der Waals surface area contributed by atoms with Gasteiger partial charge in [0.25, 0.3) is 0 Å². The average Bonchev–Trinajstić information content (AvgIpc) is 2.77. The molecular weight excluding hydrogens is 270 g/mol. The molecule has 0 saturated carbocycles. The lowest BCUT2D eigenvalue weighted by Gasteiger charge is -2.06. The van der Waals surface area contributed by atoms with Gasteiger partial charge in [0.2, 0.25) is 0 Å². The summed E-state index contributed by atoms with van der Waals surface area (Å²) in [6.45, 7) is 3.66. The highest BCUT2D eigenvalue weighted by molar-refractivity contribution is 6.30. The first-order valence-electron chi connectivity index (χ1n) is 6.62. The van der Waals surface area contributed by atoms with E-state index in [1.807, 2.05) is 49.4 Å². The molecule has 3 nitrogen and oxygen atoms in total. The molecular formula is C16H16ClN3. The maximum atomic E-state index is 5.88. The summed E-state index contributed by atoms with van der Waals surface area (Å²) < 4.78 is 2.13. The first-order valence-corrected chi connectivity index (χ1v) is 6.99. The zero-order valence-electron chi connectivity index (χ0n) is 11.3. The molecule has 3 rings (SSSR count). The second kappa shape index (κ2) is 5.65. The van der Waals surface area contributed by atoms with Crippen molar-refractivity contribution in [3.05, 3.63) is 70.6 Å². The minimum Gasteiger partial charge on any atom is -0.307 e. The summed E-state index contributed by atoms with van der Waals surface area (Å²) in [5, 5.41) is 4.22. The van der Waals surface area contributed by atoms with Crippen LogP contribution >= 0.6 is 11.6 Å². The highest BCUT2D eigenvalue weighted by Gasteiger charge is 2.07. The number of imidazole rings is 1. The van der Waals surface area contributed by atoms with E-state index in [0.29, 0.717) is 0 Å². The van der Waals surface area contributed by atoms with Crippen LogP contribution < -0.4 is 5.32 Å². The molecule has 0 atom stereocenters. The molecule has 0 spiro atoms. The Morgan fingerprint density at radius 3 is 2.70 bits per heavy atom. The smallest absolute Gasteiger partial charge is 0.137 e. The minimum atomic E-state index is 0.770. The molecule has 4 heteroatoms. The topological polar surface area (TPSA) is 29.3 Å². The normalized spacial score (nSPS) is 11.1. The van der Waals surface area contributed by atoms with Crippen molar-refractivity contribution in [2.45, 2.75) is 20.0 Å². The SMILES string of the molecule is Cc1nc2ccccn2c1CNCc1ccc(Cl)cc1. The Hall–Kier alpha value is -1.84. The Balaban J connectivity index is 1.71. The quantitative estimate of drug-likeness (QED) is 0.794. The fourth-order valence-corrected chi connectivity index (χ4v) is 2.43. The number of nitrogens with zero attached hydrogens (tertiary/aromatic N) is 2. The van der Waals surface area contributed by atoms with Crippen LogP contribution in [-0.4, -0.2) is 9.38 Å². The number of nitrogens with one attached hydrogen (secondary N) is 1. The van der Waals surface area contributed by atoms with Gasteiger partial charge in [0.15, 0.2) is 0 Å². The molecule has 3 aromatic rings. The third-order valence-corrected chi connectivity index (χ3v) is 3.62. The fourth-order valence-electron chi connectivity index (χ4n) is 2.30. The first-order chi connectivity index (χ1) is 9.74. The van der Waals surface area contributed by atoms with Crippen LogP contribution in [0.25, 0.3) is 5.65 Å². The van der Waals surface area contributed by atoms with Crippen molar-refractivity contribution in [3.8, 4) is 0 Å². The Morgan fingerprint density at radius 2 is 1.90 bits per heavy atom. The van der Waals surface area contributed by atoms with Crippen molar-refractivity contribution < 1.29 is 0 Å². The second-order valence-corrected chi connectivity index (χ2v) is 5.24. The van der Waals surface area contributed by atoms with Crippen LogP contribution in [0.1, 0.15) is 17.0 Å². The summed E-state index contributed by atoms with van der Waals surface area (Å²) >= 11 is 5.88. The van der Waals surface area contributed by atoms with Gasteiger partial charge in [-0.2, -0.15) is 0 Å². The van der Waals surface area contributed by atoms with E-state index in [0.717, 1.165) is 29.5 Å². The lowest BCUT2D eigenvalue weighted by atomic mass is 10.2. The fraction of sp³-hybridized carbons (Fsp3) is 0.188. The summed E-state index contributed by atoms with van der Waals surface area (Å²) in [5.41, 5.74) is 4.49. The van der Waals surface area contributed by atoms with Gasteiger partial charge in [-0.05, 0) is 36.8 Å². The first kappa shape index (κ1) is 13.2. The van der Waals surface area contributed by atoms with E-state index in [-0.39, 0.29) is 0 Å². The maximum Gasteiger partial charge on any atom is 0.137 e. The Kier molecular flexibility index (Phi) is 3.72. The maximum absolute atomic E-state index is 5.88. The number of halogens is 1. The molecule has 0 unspecified atom stereocenters.